The van der Waals surface area contributed by atoms with Gasteiger partial charge in [-0.05, 0) is 68.3 Å². The van der Waals surface area contributed by atoms with E-state index in [0.717, 1.165) is 15.2 Å². The second-order valence-electron chi connectivity index (χ2n) is 8.91. The van der Waals surface area contributed by atoms with Crippen LogP contribution in [0, 0.1) is 0 Å². The third-order valence-electron chi connectivity index (χ3n) is 6.19. The van der Waals surface area contributed by atoms with E-state index in [4.69, 9.17) is 11.6 Å². The molecule has 0 aliphatic carbocycles. The van der Waals surface area contributed by atoms with Crippen molar-refractivity contribution in [2.75, 3.05) is 10.8 Å². The summed E-state index contributed by atoms with van der Waals surface area (Å²) >= 11 is 9.75. The molecule has 0 saturated heterocycles. The van der Waals surface area contributed by atoms with E-state index in [1.54, 1.807) is 73.7 Å². The Morgan fingerprint density at radius 2 is 1.55 bits per heavy atom. The zero-order valence-electron chi connectivity index (χ0n) is 21.5. The first-order valence-electron chi connectivity index (χ1n) is 12.2. The van der Waals surface area contributed by atoms with Crippen LogP contribution in [0.25, 0.3) is 0 Å². The van der Waals surface area contributed by atoms with Crippen LogP contribution in [0.2, 0.25) is 5.02 Å². The van der Waals surface area contributed by atoms with Gasteiger partial charge in [-0.2, -0.15) is 0 Å². The molecule has 0 aromatic heterocycles. The summed E-state index contributed by atoms with van der Waals surface area (Å²) in [5.74, 6) is -0.875. The van der Waals surface area contributed by atoms with Crippen molar-refractivity contribution in [1.29, 1.82) is 0 Å². The van der Waals surface area contributed by atoms with E-state index in [9.17, 15) is 18.0 Å². The van der Waals surface area contributed by atoms with Crippen molar-refractivity contribution in [1.82, 2.24) is 10.2 Å². The minimum absolute atomic E-state index is 0.0349. The van der Waals surface area contributed by atoms with E-state index < -0.39 is 28.5 Å². The maximum atomic E-state index is 13.9. The van der Waals surface area contributed by atoms with Gasteiger partial charge in [-0.1, -0.05) is 70.9 Å². The van der Waals surface area contributed by atoms with Crippen molar-refractivity contribution in [3.05, 3.63) is 93.9 Å². The zero-order chi connectivity index (χ0) is 27.9. The summed E-state index contributed by atoms with van der Waals surface area (Å²) in [5.41, 5.74) is 0.964. The molecule has 0 spiro atoms. The number of benzene rings is 3. The van der Waals surface area contributed by atoms with Gasteiger partial charge in [0.15, 0.2) is 0 Å². The van der Waals surface area contributed by atoms with E-state index in [0.29, 0.717) is 16.3 Å². The van der Waals surface area contributed by atoms with Crippen LogP contribution in [0.4, 0.5) is 5.69 Å². The number of nitrogens with one attached hydrogen (secondary N) is 1. The highest BCUT2D eigenvalue weighted by Crippen LogP contribution is 2.26. The average molecular weight is 621 g/mol. The Labute approximate surface area is 238 Å². The number of hydrogen-bond donors (Lipinski definition) is 1. The Bertz CT molecular complexity index is 1350. The second-order valence-corrected chi connectivity index (χ2v) is 12.1. The van der Waals surface area contributed by atoms with Gasteiger partial charge in [-0.25, -0.2) is 8.42 Å². The molecule has 0 saturated carbocycles. The highest BCUT2D eigenvalue weighted by molar-refractivity contribution is 9.10. The largest absolute Gasteiger partial charge is 0.352 e. The van der Waals surface area contributed by atoms with Crippen LogP contribution in [0.15, 0.2) is 88.2 Å². The SMILES string of the molecule is CC[C@@H](C)NC(=O)[C@H](C)N(Cc1ccccc1Cl)C(=O)CN(c1ccc(Br)cc1)S(=O)(=O)c1ccccc1. The first-order valence-corrected chi connectivity index (χ1v) is 14.8. The lowest BCUT2D eigenvalue weighted by Crippen LogP contribution is -2.52. The normalized spacial score (nSPS) is 12.9. The van der Waals surface area contributed by atoms with Gasteiger partial charge >= 0.3 is 0 Å². The third-order valence-corrected chi connectivity index (χ3v) is 8.88. The number of sulfonamides is 1. The molecule has 0 unspecified atom stereocenters. The van der Waals surface area contributed by atoms with Crippen molar-refractivity contribution in [3.63, 3.8) is 0 Å². The van der Waals surface area contributed by atoms with E-state index in [2.05, 4.69) is 21.2 Å². The number of carbonyl (C=O) groups excluding carboxylic acids is 2. The van der Waals surface area contributed by atoms with Gasteiger partial charge in [0.1, 0.15) is 12.6 Å². The molecule has 38 heavy (non-hydrogen) atoms. The van der Waals surface area contributed by atoms with Crippen molar-refractivity contribution >= 4 is 55.1 Å². The fraction of sp³-hybridized carbons (Fsp3) is 0.286. The number of amides is 2. The van der Waals surface area contributed by atoms with Crippen LogP contribution in [0.1, 0.15) is 32.8 Å². The lowest BCUT2D eigenvalue weighted by atomic mass is 10.1. The minimum atomic E-state index is -4.10. The molecule has 1 N–H and O–H groups in total. The monoisotopic (exact) mass is 619 g/mol. The van der Waals surface area contributed by atoms with Crippen LogP contribution in [-0.4, -0.2) is 43.8 Å². The predicted molar refractivity (Wildman–Crippen MR) is 154 cm³/mol. The first kappa shape index (κ1) is 29.7. The van der Waals surface area contributed by atoms with E-state index in [1.165, 1.54) is 17.0 Å². The van der Waals surface area contributed by atoms with Gasteiger partial charge in [-0.3, -0.25) is 13.9 Å². The fourth-order valence-electron chi connectivity index (χ4n) is 3.71. The number of carbonyl (C=O) groups is 2. The van der Waals surface area contributed by atoms with Crippen LogP contribution in [0.5, 0.6) is 0 Å². The number of halogens is 2. The molecule has 3 rings (SSSR count). The maximum Gasteiger partial charge on any atom is 0.264 e. The molecule has 3 aromatic carbocycles. The second kappa shape index (κ2) is 13.3. The Balaban J connectivity index is 2.02. The highest BCUT2D eigenvalue weighted by Gasteiger charge is 2.33. The van der Waals surface area contributed by atoms with Crippen molar-refractivity contribution in [3.8, 4) is 0 Å². The summed E-state index contributed by atoms with van der Waals surface area (Å²) < 4.78 is 29.3. The molecule has 0 bridgehead atoms. The minimum Gasteiger partial charge on any atom is -0.352 e. The Morgan fingerprint density at radius 3 is 2.16 bits per heavy atom. The summed E-state index contributed by atoms with van der Waals surface area (Å²) in [7, 11) is -4.10. The average Bonchev–Trinajstić information content (AvgIpc) is 2.91. The number of anilines is 1. The van der Waals surface area contributed by atoms with E-state index in [1.807, 2.05) is 13.8 Å². The maximum absolute atomic E-state index is 13.9. The molecule has 202 valence electrons. The molecule has 0 heterocycles. The summed E-state index contributed by atoms with van der Waals surface area (Å²) in [5, 5.41) is 3.36. The molecule has 2 amide bonds. The first-order chi connectivity index (χ1) is 18.0. The molecule has 0 aliphatic rings. The van der Waals surface area contributed by atoms with Crippen LogP contribution in [0.3, 0.4) is 0 Å². The van der Waals surface area contributed by atoms with Crippen molar-refractivity contribution in [2.24, 2.45) is 0 Å². The molecular formula is C28H31BrClN3O4S. The molecule has 0 radical (unpaired) electrons. The lowest BCUT2D eigenvalue weighted by molar-refractivity contribution is -0.139. The van der Waals surface area contributed by atoms with E-state index >= 15 is 0 Å². The van der Waals surface area contributed by atoms with Gasteiger partial charge in [0.05, 0.1) is 10.6 Å². The summed E-state index contributed by atoms with van der Waals surface area (Å²) in [6.07, 6.45) is 0.726. The van der Waals surface area contributed by atoms with Gasteiger partial charge in [-0.15, -0.1) is 0 Å². The Hall–Kier alpha value is -2.88. The summed E-state index contributed by atoms with van der Waals surface area (Å²) in [6, 6.07) is 20.7. The Kier molecular flexibility index (Phi) is 10.4. The van der Waals surface area contributed by atoms with Gasteiger partial charge in [0.2, 0.25) is 11.8 Å². The lowest BCUT2D eigenvalue weighted by Gasteiger charge is -2.32. The smallest absolute Gasteiger partial charge is 0.264 e. The highest BCUT2D eigenvalue weighted by atomic mass is 79.9. The molecular weight excluding hydrogens is 590 g/mol. The van der Waals surface area contributed by atoms with Crippen molar-refractivity contribution < 1.29 is 18.0 Å². The number of nitrogens with zero attached hydrogens (tertiary/aromatic N) is 2. The molecule has 0 aliphatic heterocycles. The standard InChI is InChI=1S/C28H31BrClN3O4S/c1-4-20(2)31-28(35)21(3)32(18-22-10-8-9-13-26(22)30)27(34)19-33(24-16-14-23(29)15-17-24)38(36,37)25-11-6-5-7-12-25/h5-17,20-21H,4,18-19H2,1-3H3,(H,31,35)/t20-,21+/m1/s1. The van der Waals surface area contributed by atoms with Crippen LogP contribution < -0.4 is 9.62 Å². The molecule has 7 nitrogen and oxygen atoms in total. The van der Waals surface area contributed by atoms with Gasteiger partial charge in [0.25, 0.3) is 10.0 Å². The predicted octanol–water partition coefficient (Wildman–Crippen LogP) is 5.63. The molecule has 2 atom stereocenters. The molecule has 0 fully saturated rings. The van der Waals surface area contributed by atoms with Crippen molar-refractivity contribution in [2.45, 2.75) is 50.7 Å². The summed E-state index contributed by atoms with van der Waals surface area (Å²) in [4.78, 5) is 28.4. The topological polar surface area (TPSA) is 86.8 Å². The summed E-state index contributed by atoms with van der Waals surface area (Å²) in [6.45, 7) is 4.99. The fourth-order valence-corrected chi connectivity index (χ4v) is 5.61. The number of rotatable bonds is 11. The Morgan fingerprint density at radius 1 is 0.947 bits per heavy atom. The quantitative estimate of drug-likeness (QED) is 0.301. The van der Waals surface area contributed by atoms with Crippen LogP contribution in [-0.2, 0) is 26.2 Å². The van der Waals surface area contributed by atoms with Crippen LogP contribution >= 0.6 is 27.5 Å². The molecule has 10 heteroatoms. The van der Waals surface area contributed by atoms with E-state index in [-0.39, 0.29) is 23.4 Å². The zero-order valence-corrected chi connectivity index (χ0v) is 24.6. The molecule has 3 aromatic rings. The van der Waals surface area contributed by atoms with Gasteiger partial charge in [0, 0.05) is 22.1 Å². The van der Waals surface area contributed by atoms with Gasteiger partial charge < -0.3 is 10.2 Å². The third kappa shape index (κ3) is 7.36. The number of hydrogen-bond acceptors (Lipinski definition) is 4.